The summed E-state index contributed by atoms with van der Waals surface area (Å²) in [5.74, 6) is -0.167. The van der Waals surface area contributed by atoms with Crippen LogP contribution in [0, 0.1) is 5.41 Å². The molecular weight excluding hydrogens is 353 g/mol. The van der Waals surface area contributed by atoms with Crippen molar-refractivity contribution in [1.29, 1.82) is 0 Å². The van der Waals surface area contributed by atoms with E-state index in [1.165, 1.54) is 7.11 Å². The highest BCUT2D eigenvalue weighted by molar-refractivity contribution is 6.69. The van der Waals surface area contributed by atoms with Crippen LogP contribution < -0.4 is 10.8 Å². The van der Waals surface area contributed by atoms with Gasteiger partial charge < -0.3 is 14.7 Å². The van der Waals surface area contributed by atoms with Gasteiger partial charge in [-0.15, -0.1) is 0 Å². The van der Waals surface area contributed by atoms with Gasteiger partial charge >= 0.3 is 12.9 Å². The average molecular weight is 385 g/mol. The average Bonchev–Trinajstić information content (AvgIpc) is 3.51. The Hall–Kier alpha value is -1.82. The fraction of sp³-hybridized carbons (Fsp3) is 0.636. The summed E-state index contributed by atoms with van der Waals surface area (Å²) in [7, 11) is 1.36. The van der Waals surface area contributed by atoms with Gasteiger partial charge in [0.25, 0.3) is 5.91 Å². The quantitative estimate of drug-likeness (QED) is 0.576. The molecule has 1 N–H and O–H groups in total. The number of carbonyl (C=O) groups excluding carboxylic acids is 2. The van der Waals surface area contributed by atoms with Crippen molar-refractivity contribution in [3.05, 3.63) is 29.3 Å². The predicted octanol–water partition coefficient (Wildman–Crippen LogP) is 3.57. The zero-order valence-corrected chi connectivity index (χ0v) is 17.9. The Morgan fingerprint density at radius 3 is 2.11 bits per heavy atom. The molecule has 0 saturated heterocycles. The first-order chi connectivity index (χ1) is 13.0. The minimum atomic E-state index is -0.438. The lowest BCUT2D eigenvalue weighted by molar-refractivity contribution is -0.000928. The number of esters is 1. The number of ether oxygens (including phenoxy) is 1. The van der Waals surface area contributed by atoms with Crippen LogP contribution in [0.4, 0.5) is 0 Å². The normalized spacial score (nSPS) is 17.2. The lowest BCUT2D eigenvalue weighted by Crippen LogP contribution is -2.48. The van der Waals surface area contributed by atoms with Crippen LogP contribution >= 0.6 is 0 Å². The van der Waals surface area contributed by atoms with E-state index < -0.39 is 5.97 Å². The summed E-state index contributed by atoms with van der Waals surface area (Å²) in [6, 6.07) is 5.58. The van der Waals surface area contributed by atoms with E-state index in [-0.39, 0.29) is 29.9 Å². The molecule has 1 aromatic carbocycles. The number of carbonyl (C=O) groups is 2. The number of rotatable bonds is 7. The Morgan fingerprint density at radius 2 is 1.61 bits per heavy atom. The van der Waals surface area contributed by atoms with E-state index in [0.717, 1.165) is 31.1 Å². The molecule has 0 heterocycles. The molecule has 6 heteroatoms. The highest BCUT2D eigenvalue weighted by Crippen LogP contribution is 2.43. The van der Waals surface area contributed by atoms with Gasteiger partial charge in [-0.2, -0.15) is 0 Å². The fourth-order valence-electron chi connectivity index (χ4n) is 3.01. The van der Waals surface area contributed by atoms with E-state index in [9.17, 15) is 9.59 Å². The number of hydrogen-bond donors (Lipinski definition) is 1. The largest absolute Gasteiger partial charge is 0.465 e. The molecule has 1 amide bonds. The zero-order valence-electron chi connectivity index (χ0n) is 17.9. The molecule has 2 saturated carbocycles. The number of nitrogens with one attached hydrogen (secondary N) is 1. The molecule has 0 spiro atoms. The molecule has 0 bridgehead atoms. The zero-order chi connectivity index (χ0) is 20.7. The Balaban J connectivity index is 1.96. The summed E-state index contributed by atoms with van der Waals surface area (Å²) in [6.07, 6.45) is 4.22. The molecule has 152 valence electrons. The first-order valence-corrected chi connectivity index (χ1v) is 10.2. The van der Waals surface area contributed by atoms with E-state index in [1.54, 1.807) is 6.07 Å². The van der Waals surface area contributed by atoms with Crippen LogP contribution in [-0.4, -0.2) is 37.5 Å². The van der Waals surface area contributed by atoms with Gasteiger partial charge in [-0.05, 0) is 49.5 Å². The van der Waals surface area contributed by atoms with Crippen molar-refractivity contribution in [3.63, 3.8) is 0 Å². The second-order valence-electron chi connectivity index (χ2n) is 9.72. The van der Waals surface area contributed by atoms with Crippen molar-refractivity contribution >= 4 is 24.3 Å². The Kier molecular flexibility index (Phi) is 5.63. The van der Waals surface area contributed by atoms with Crippen molar-refractivity contribution in [2.75, 3.05) is 7.11 Å². The van der Waals surface area contributed by atoms with Crippen LogP contribution in [0.15, 0.2) is 18.2 Å². The fourth-order valence-corrected chi connectivity index (χ4v) is 3.01. The van der Waals surface area contributed by atoms with Crippen molar-refractivity contribution in [3.8, 4) is 0 Å². The van der Waals surface area contributed by atoms with Gasteiger partial charge in [0.15, 0.2) is 0 Å². The molecular formula is C22H32BNO4. The first-order valence-electron chi connectivity index (χ1n) is 10.2. The molecule has 2 aliphatic carbocycles. The molecule has 0 unspecified atom stereocenters. The summed E-state index contributed by atoms with van der Waals surface area (Å²) in [4.78, 5) is 24.9. The van der Waals surface area contributed by atoms with Gasteiger partial charge in [-0.25, -0.2) is 4.79 Å². The molecule has 0 aliphatic heterocycles. The van der Waals surface area contributed by atoms with E-state index in [0.29, 0.717) is 16.9 Å². The third-order valence-electron chi connectivity index (χ3n) is 6.16. The number of amides is 1. The van der Waals surface area contributed by atoms with Crippen LogP contribution in [0.5, 0.6) is 0 Å². The van der Waals surface area contributed by atoms with E-state index in [4.69, 9.17) is 9.39 Å². The van der Waals surface area contributed by atoms with Crippen molar-refractivity contribution in [2.45, 2.75) is 77.8 Å². The molecule has 3 rings (SSSR count). The van der Waals surface area contributed by atoms with Crippen LogP contribution in [0.3, 0.4) is 0 Å². The molecule has 1 aromatic rings. The minimum Gasteiger partial charge on any atom is -0.465 e. The minimum absolute atomic E-state index is 0.0493. The van der Waals surface area contributed by atoms with Gasteiger partial charge in [0, 0.05) is 11.6 Å². The van der Waals surface area contributed by atoms with Crippen LogP contribution in [-0.2, 0) is 9.39 Å². The standard InChI is InChI=1S/C22H32BNO4/c1-21(2,3)22(4,5)28-23(16-7-8-16)17-12-14(19(25)24-18-9-10-18)11-15(13-17)20(26)27-6/h11-13,16,18H,7-10H2,1-6H3,(H,24,25). The van der Waals surface area contributed by atoms with Gasteiger partial charge in [-0.1, -0.05) is 45.7 Å². The highest BCUT2D eigenvalue weighted by Gasteiger charge is 2.44. The van der Waals surface area contributed by atoms with Crippen LogP contribution in [0.25, 0.3) is 0 Å². The van der Waals surface area contributed by atoms with Crippen molar-refractivity contribution in [1.82, 2.24) is 5.32 Å². The summed E-state index contributed by atoms with van der Waals surface area (Å²) < 4.78 is 11.5. The molecule has 0 radical (unpaired) electrons. The molecule has 0 atom stereocenters. The number of methoxy groups -OCH3 is 1. The van der Waals surface area contributed by atoms with Crippen molar-refractivity contribution in [2.24, 2.45) is 5.41 Å². The molecule has 2 fully saturated rings. The topological polar surface area (TPSA) is 64.6 Å². The summed E-state index contributed by atoms with van der Waals surface area (Å²) in [5.41, 5.74) is 1.35. The smallest absolute Gasteiger partial charge is 0.337 e. The maximum atomic E-state index is 12.7. The summed E-state index contributed by atoms with van der Waals surface area (Å²) >= 11 is 0. The summed E-state index contributed by atoms with van der Waals surface area (Å²) in [5, 5.41) is 3.01. The molecule has 2 aliphatic rings. The lowest BCUT2D eigenvalue weighted by atomic mass is 9.54. The Morgan fingerprint density at radius 1 is 1.00 bits per heavy atom. The SMILES string of the molecule is COC(=O)c1cc(B(OC(C)(C)C(C)(C)C)C2CC2)cc(C(=O)NC2CC2)c1. The Labute approximate surface area is 168 Å². The Bertz CT molecular complexity index is 760. The van der Waals surface area contributed by atoms with Gasteiger partial charge in [0.2, 0.25) is 0 Å². The third-order valence-corrected chi connectivity index (χ3v) is 6.16. The van der Waals surface area contributed by atoms with Gasteiger partial charge in [0.1, 0.15) is 0 Å². The maximum Gasteiger partial charge on any atom is 0.337 e. The van der Waals surface area contributed by atoms with Crippen LogP contribution in [0.1, 0.15) is 81.0 Å². The lowest BCUT2D eigenvalue weighted by Gasteiger charge is -2.41. The van der Waals surface area contributed by atoms with Crippen LogP contribution in [0.2, 0.25) is 5.82 Å². The highest BCUT2D eigenvalue weighted by atomic mass is 16.5. The predicted molar refractivity (Wildman–Crippen MR) is 111 cm³/mol. The van der Waals surface area contributed by atoms with E-state index >= 15 is 0 Å². The second-order valence-corrected chi connectivity index (χ2v) is 9.72. The second kappa shape index (κ2) is 7.55. The molecule has 5 nitrogen and oxygen atoms in total. The molecule has 0 aromatic heterocycles. The monoisotopic (exact) mass is 385 g/mol. The summed E-state index contributed by atoms with van der Waals surface area (Å²) in [6.45, 7) is 10.6. The van der Waals surface area contributed by atoms with Gasteiger partial charge in [0.05, 0.1) is 18.3 Å². The number of benzene rings is 1. The first kappa shape index (κ1) is 20.9. The van der Waals surface area contributed by atoms with Gasteiger partial charge in [-0.3, -0.25) is 4.79 Å². The van der Waals surface area contributed by atoms with E-state index in [1.807, 2.05) is 12.1 Å². The maximum absolute atomic E-state index is 12.7. The van der Waals surface area contributed by atoms with E-state index in [2.05, 4.69) is 39.9 Å². The molecule has 28 heavy (non-hydrogen) atoms. The van der Waals surface area contributed by atoms with Crippen molar-refractivity contribution < 1.29 is 19.0 Å². The third kappa shape index (κ3) is 4.77. The number of hydrogen-bond acceptors (Lipinski definition) is 4.